The zero-order valence-electron chi connectivity index (χ0n) is 16.3. The fourth-order valence-electron chi connectivity index (χ4n) is 2.54. The largest absolute Gasteiger partial charge is 1.00 e. The Balaban J connectivity index is 0.00000196. The van der Waals surface area contributed by atoms with Gasteiger partial charge in [-0.15, -0.1) is 0 Å². The van der Waals surface area contributed by atoms with E-state index in [1.165, 1.54) is 5.56 Å². The Morgan fingerprint density at radius 2 is 1.50 bits per heavy atom. The molecule has 1 aromatic heterocycles. The number of aryl methyl sites for hydroxylation is 1. The van der Waals surface area contributed by atoms with Crippen molar-refractivity contribution in [2.45, 2.75) is 17.7 Å². The minimum atomic E-state index is -3.63. The summed E-state index contributed by atoms with van der Waals surface area (Å²) in [7, 11) is -3.63. The van der Waals surface area contributed by atoms with Crippen molar-refractivity contribution in [3.8, 4) is 0 Å². The average molecular weight is 413 g/mol. The van der Waals surface area contributed by atoms with Gasteiger partial charge in [0.15, 0.2) is 0 Å². The Kier molecular flexibility index (Phi) is 11.4. The topological polar surface area (TPSA) is 71.1 Å². The summed E-state index contributed by atoms with van der Waals surface area (Å²) in [5.41, 5.74) is 2.21. The standard InChI is InChI=1S/C20H21N3O2S.2Na/c24-26(25,23-20-10-4-5-15-22-20)19-13-11-18(12-14-19)21-16-6-9-17-7-2-1-3-8-17;;/h1-5,7-8,10-15,21H,6,9,16H2,(H,22,23);;/q;2*+1. The van der Waals surface area contributed by atoms with Crippen LogP contribution in [0.5, 0.6) is 0 Å². The molecule has 2 aromatic carbocycles. The second kappa shape index (κ2) is 12.6. The Morgan fingerprint density at radius 1 is 0.821 bits per heavy atom. The van der Waals surface area contributed by atoms with Gasteiger partial charge in [0.2, 0.25) is 0 Å². The van der Waals surface area contributed by atoms with Crippen molar-refractivity contribution in [1.82, 2.24) is 4.98 Å². The van der Waals surface area contributed by atoms with Gasteiger partial charge in [-0.2, -0.15) is 0 Å². The molecule has 3 rings (SSSR count). The first-order chi connectivity index (χ1) is 12.6. The summed E-state index contributed by atoms with van der Waals surface area (Å²) < 4.78 is 27.2. The molecular weight excluding hydrogens is 392 g/mol. The zero-order chi connectivity index (χ0) is 18.2. The van der Waals surface area contributed by atoms with Crippen LogP contribution in [0.4, 0.5) is 11.5 Å². The Bertz CT molecular complexity index is 923. The van der Waals surface area contributed by atoms with E-state index >= 15 is 0 Å². The summed E-state index contributed by atoms with van der Waals surface area (Å²) in [6, 6.07) is 22.1. The van der Waals surface area contributed by atoms with Crippen LogP contribution in [-0.2, 0) is 16.4 Å². The van der Waals surface area contributed by atoms with Crippen molar-refractivity contribution < 1.29 is 67.5 Å². The van der Waals surface area contributed by atoms with Crippen LogP contribution in [0.25, 0.3) is 0 Å². The van der Waals surface area contributed by atoms with Gasteiger partial charge >= 0.3 is 59.1 Å². The number of hydrogen-bond acceptors (Lipinski definition) is 4. The third-order valence-corrected chi connectivity index (χ3v) is 5.25. The molecule has 0 unspecified atom stereocenters. The maximum Gasteiger partial charge on any atom is 1.00 e. The number of benzene rings is 2. The molecule has 8 heteroatoms. The number of rotatable bonds is 8. The monoisotopic (exact) mass is 413 g/mol. The molecule has 0 fully saturated rings. The fraction of sp³-hybridized carbons (Fsp3) is 0.150. The van der Waals surface area contributed by atoms with E-state index < -0.39 is 10.0 Å². The molecule has 0 bridgehead atoms. The van der Waals surface area contributed by atoms with Crippen LogP contribution in [0, 0.1) is 0 Å². The zero-order valence-corrected chi connectivity index (χ0v) is 21.1. The smallest absolute Gasteiger partial charge is 0.385 e. The molecule has 0 radical (unpaired) electrons. The summed E-state index contributed by atoms with van der Waals surface area (Å²) in [6.07, 6.45) is 3.56. The van der Waals surface area contributed by atoms with Gasteiger partial charge in [-0.05, 0) is 54.8 Å². The van der Waals surface area contributed by atoms with Gasteiger partial charge in [-0.3, -0.25) is 4.72 Å². The van der Waals surface area contributed by atoms with Crippen molar-refractivity contribution in [2.24, 2.45) is 0 Å². The normalized spacial score (nSPS) is 10.3. The van der Waals surface area contributed by atoms with E-state index in [1.807, 2.05) is 18.2 Å². The van der Waals surface area contributed by atoms with E-state index in [2.05, 4.69) is 27.2 Å². The molecule has 0 aliphatic carbocycles. The number of aromatic nitrogens is 1. The molecule has 2 N–H and O–H groups in total. The van der Waals surface area contributed by atoms with Gasteiger partial charge in [-0.1, -0.05) is 36.4 Å². The third kappa shape index (κ3) is 7.87. The Hall–Kier alpha value is -0.860. The molecule has 5 nitrogen and oxygen atoms in total. The van der Waals surface area contributed by atoms with E-state index in [9.17, 15) is 8.42 Å². The molecule has 0 spiro atoms. The molecule has 28 heavy (non-hydrogen) atoms. The van der Waals surface area contributed by atoms with Gasteiger partial charge in [0.1, 0.15) is 5.82 Å². The number of nitrogens with one attached hydrogen (secondary N) is 2. The minimum absolute atomic E-state index is 0. The van der Waals surface area contributed by atoms with Crippen LogP contribution < -0.4 is 69.2 Å². The predicted octanol–water partition coefficient (Wildman–Crippen LogP) is -2.06. The second-order valence-electron chi connectivity index (χ2n) is 5.86. The molecular formula is C20H21N3Na2O2S+2. The van der Waals surface area contributed by atoms with E-state index in [0.717, 1.165) is 25.1 Å². The van der Waals surface area contributed by atoms with E-state index in [4.69, 9.17) is 0 Å². The summed E-state index contributed by atoms with van der Waals surface area (Å²) >= 11 is 0. The number of nitrogens with zero attached hydrogens (tertiary/aromatic N) is 1. The van der Waals surface area contributed by atoms with Crippen LogP contribution in [0.3, 0.4) is 0 Å². The Labute approximate surface area is 211 Å². The van der Waals surface area contributed by atoms with Crippen LogP contribution in [0.1, 0.15) is 12.0 Å². The molecule has 134 valence electrons. The average Bonchev–Trinajstić information content (AvgIpc) is 2.67. The maximum absolute atomic E-state index is 12.4. The van der Waals surface area contributed by atoms with Gasteiger partial charge in [0.05, 0.1) is 4.90 Å². The first-order valence-corrected chi connectivity index (χ1v) is 9.93. The van der Waals surface area contributed by atoms with Gasteiger partial charge in [0, 0.05) is 18.4 Å². The van der Waals surface area contributed by atoms with E-state index in [1.54, 1.807) is 48.7 Å². The molecule has 0 aliphatic heterocycles. The molecule has 3 aromatic rings. The predicted molar refractivity (Wildman–Crippen MR) is 105 cm³/mol. The van der Waals surface area contributed by atoms with Crippen LogP contribution >= 0.6 is 0 Å². The maximum atomic E-state index is 12.4. The van der Waals surface area contributed by atoms with Gasteiger partial charge in [-0.25, -0.2) is 13.4 Å². The van der Waals surface area contributed by atoms with Gasteiger partial charge < -0.3 is 5.32 Å². The summed E-state index contributed by atoms with van der Waals surface area (Å²) in [6.45, 7) is 0.827. The third-order valence-electron chi connectivity index (χ3n) is 3.88. The van der Waals surface area contributed by atoms with Crippen molar-refractivity contribution in [2.75, 3.05) is 16.6 Å². The number of pyridine rings is 1. The number of anilines is 2. The summed E-state index contributed by atoms with van der Waals surface area (Å²) in [4.78, 5) is 4.19. The van der Waals surface area contributed by atoms with Crippen molar-refractivity contribution >= 4 is 21.5 Å². The minimum Gasteiger partial charge on any atom is -0.385 e. The SMILES string of the molecule is O=S(=O)(Nc1ccccn1)c1ccc(NCCCc2ccccc2)cc1.[Na+].[Na+]. The molecule has 0 amide bonds. The van der Waals surface area contributed by atoms with Crippen LogP contribution in [0.2, 0.25) is 0 Å². The van der Waals surface area contributed by atoms with Gasteiger partial charge in [0.25, 0.3) is 10.0 Å². The van der Waals surface area contributed by atoms with E-state index in [-0.39, 0.29) is 64.0 Å². The first-order valence-electron chi connectivity index (χ1n) is 8.45. The second-order valence-corrected chi connectivity index (χ2v) is 7.54. The molecule has 0 saturated heterocycles. The number of sulfonamides is 1. The van der Waals surface area contributed by atoms with E-state index in [0.29, 0.717) is 5.82 Å². The molecule has 1 heterocycles. The molecule has 0 atom stereocenters. The van der Waals surface area contributed by atoms with Crippen LogP contribution in [-0.4, -0.2) is 19.9 Å². The summed E-state index contributed by atoms with van der Waals surface area (Å²) in [5, 5.41) is 3.32. The fourth-order valence-corrected chi connectivity index (χ4v) is 3.55. The molecule has 0 saturated carbocycles. The van der Waals surface area contributed by atoms with Crippen LogP contribution in [0.15, 0.2) is 83.9 Å². The number of hydrogen-bond donors (Lipinski definition) is 2. The quantitative estimate of drug-likeness (QED) is 0.329. The Morgan fingerprint density at radius 3 is 2.14 bits per heavy atom. The van der Waals surface area contributed by atoms with Crippen molar-refractivity contribution in [3.05, 3.63) is 84.6 Å². The van der Waals surface area contributed by atoms with Crippen molar-refractivity contribution in [1.29, 1.82) is 0 Å². The first kappa shape index (κ1) is 25.2. The molecule has 0 aliphatic rings. The summed E-state index contributed by atoms with van der Waals surface area (Å²) in [5.74, 6) is 0.301. The van der Waals surface area contributed by atoms with Crippen molar-refractivity contribution in [3.63, 3.8) is 0 Å².